The summed E-state index contributed by atoms with van der Waals surface area (Å²) >= 11 is 0. The molecule has 0 spiro atoms. The van der Waals surface area contributed by atoms with Crippen LogP contribution in [0.25, 0.3) is 0 Å². The molecule has 0 saturated heterocycles. The quantitative estimate of drug-likeness (QED) is 0.734. The number of anilines is 1. The molecule has 0 saturated carbocycles. The van der Waals surface area contributed by atoms with Gasteiger partial charge in [-0.3, -0.25) is 0 Å². The maximum absolute atomic E-state index is 13.3. The van der Waals surface area contributed by atoms with Gasteiger partial charge in [0.1, 0.15) is 11.6 Å². The molecule has 1 aromatic heterocycles. The molecule has 1 rings (SSSR count). The van der Waals surface area contributed by atoms with Crippen LogP contribution in [0.1, 0.15) is 26.3 Å². The monoisotopic (exact) mass is 269 g/mol. The highest BCUT2D eigenvalue weighted by Gasteiger charge is 2.10. The zero-order valence-electron chi connectivity index (χ0n) is 12.2. The molecule has 0 aliphatic heterocycles. The van der Waals surface area contributed by atoms with Gasteiger partial charge in [-0.1, -0.05) is 13.8 Å². The van der Waals surface area contributed by atoms with Crippen molar-refractivity contribution in [2.24, 2.45) is 0 Å². The average molecular weight is 269 g/mol. The number of ether oxygens (including phenoxy) is 1. The molecule has 0 aliphatic rings. The van der Waals surface area contributed by atoms with Gasteiger partial charge in [0, 0.05) is 38.3 Å². The van der Waals surface area contributed by atoms with E-state index in [0.29, 0.717) is 25.8 Å². The molecular formula is C14H24FN3O. The van der Waals surface area contributed by atoms with E-state index in [1.807, 2.05) is 18.9 Å². The van der Waals surface area contributed by atoms with Crippen molar-refractivity contribution in [3.63, 3.8) is 0 Å². The van der Waals surface area contributed by atoms with Gasteiger partial charge >= 0.3 is 0 Å². The highest BCUT2D eigenvalue weighted by molar-refractivity contribution is 5.46. The third kappa shape index (κ3) is 5.53. The summed E-state index contributed by atoms with van der Waals surface area (Å²) in [7, 11) is 1.94. The molecule has 108 valence electrons. The number of rotatable bonds is 8. The first-order chi connectivity index (χ1) is 9.04. The lowest BCUT2D eigenvalue weighted by atomic mass is 10.2. The highest BCUT2D eigenvalue weighted by atomic mass is 19.1. The van der Waals surface area contributed by atoms with Crippen LogP contribution >= 0.6 is 0 Å². The van der Waals surface area contributed by atoms with Gasteiger partial charge in [-0.15, -0.1) is 0 Å². The van der Waals surface area contributed by atoms with Crippen molar-refractivity contribution >= 4 is 5.82 Å². The van der Waals surface area contributed by atoms with Crippen molar-refractivity contribution in [2.45, 2.75) is 33.4 Å². The molecule has 5 heteroatoms. The van der Waals surface area contributed by atoms with Crippen LogP contribution in [0.15, 0.2) is 12.3 Å². The summed E-state index contributed by atoms with van der Waals surface area (Å²) in [6.07, 6.45) is 1.26. The van der Waals surface area contributed by atoms with Gasteiger partial charge < -0.3 is 15.0 Å². The first-order valence-electron chi connectivity index (χ1n) is 6.71. The lowest BCUT2D eigenvalue weighted by Gasteiger charge is -2.21. The third-order valence-electron chi connectivity index (χ3n) is 2.75. The molecule has 0 aromatic carbocycles. The average Bonchev–Trinajstić information content (AvgIpc) is 2.36. The highest BCUT2D eigenvalue weighted by Crippen LogP contribution is 2.17. The van der Waals surface area contributed by atoms with Gasteiger partial charge in [-0.05, 0) is 13.0 Å². The minimum atomic E-state index is -0.303. The Morgan fingerprint density at radius 1 is 1.47 bits per heavy atom. The Morgan fingerprint density at radius 2 is 2.21 bits per heavy atom. The Kier molecular flexibility index (Phi) is 6.73. The number of halogens is 1. The molecule has 0 bridgehead atoms. The maximum atomic E-state index is 13.3. The Bertz CT molecular complexity index is 385. The summed E-state index contributed by atoms with van der Waals surface area (Å²) in [4.78, 5) is 6.18. The molecule has 0 amide bonds. The first kappa shape index (κ1) is 15.9. The number of nitrogens with zero attached hydrogens (tertiary/aromatic N) is 2. The Labute approximate surface area is 115 Å². The fraction of sp³-hybridized carbons (Fsp3) is 0.643. The number of aromatic nitrogens is 1. The predicted octanol–water partition coefficient (Wildman–Crippen LogP) is 2.19. The van der Waals surface area contributed by atoms with Crippen LogP contribution in [0, 0.1) is 5.82 Å². The zero-order chi connectivity index (χ0) is 14.3. The van der Waals surface area contributed by atoms with Gasteiger partial charge in [0.25, 0.3) is 0 Å². The standard InChI is InChI=1S/C14H24FN3O/c1-5-19-7-6-18(4)14-12(9-16-11(2)3)8-13(15)10-17-14/h8,10-11,16H,5-7,9H2,1-4H3. The molecule has 0 fully saturated rings. The second-order valence-corrected chi connectivity index (χ2v) is 4.79. The Balaban J connectivity index is 2.74. The second kappa shape index (κ2) is 8.07. The van der Waals surface area contributed by atoms with Crippen LogP contribution in [-0.4, -0.2) is 37.8 Å². The summed E-state index contributed by atoms with van der Waals surface area (Å²) in [6.45, 7) is 8.78. The van der Waals surface area contributed by atoms with Crippen LogP contribution in [0.5, 0.6) is 0 Å². The van der Waals surface area contributed by atoms with Crippen LogP contribution < -0.4 is 10.2 Å². The largest absolute Gasteiger partial charge is 0.380 e. The number of pyridine rings is 1. The zero-order valence-corrected chi connectivity index (χ0v) is 12.2. The van der Waals surface area contributed by atoms with Crippen LogP contribution in [0.2, 0.25) is 0 Å². The van der Waals surface area contributed by atoms with E-state index >= 15 is 0 Å². The minimum Gasteiger partial charge on any atom is -0.380 e. The molecule has 0 radical (unpaired) electrons. The molecule has 4 nitrogen and oxygen atoms in total. The predicted molar refractivity (Wildman–Crippen MR) is 75.9 cm³/mol. The maximum Gasteiger partial charge on any atom is 0.141 e. The molecular weight excluding hydrogens is 245 g/mol. The van der Waals surface area contributed by atoms with E-state index in [4.69, 9.17) is 4.74 Å². The molecule has 0 aliphatic carbocycles. The van der Waals surface area contributed by atoms with E-state index < -0.39 is 0 Å². The van der Waals surface area contributed by atoms with Crippen LogP contribution in [0.3, 0.4) is 0 Å². The van der Waals surface area contributed by atoms with Gasteiger partial charge in [-0.2, -0.15) is 0 Å². The third-order valence-corrected chi connectivity index (χ3v) is 2.75. The fourth-order valence-electron chi connectivity index (χ4n) is 1.71. The summed E-state index contributed by atoms with van der Waals surface area (Å²) < 4.78 is 18.6. The van der Waals surface area contributed by atoms with Gasteiger partial charge in [0.15, 0.2) is 0 Å². The van der Waals surface area contributed by atoms with Crippen LogP contribution in [-0.2, 0) is 11.3 Å². The summed E-state index contributed by atoms with van der Waals surface area (Å²) in [5.74, 6) is 0.497. The molecule has 0 atom stereocenters. The van der Waals surface area contributed by atoms with Crippen molar-refractivity contribution in [2.75, 3.05) is 31.7 Å². The summed E-state index contributed by atoms with van der Waals surface area (Å²) in [5, 5.41) is 3.29. The van der Waals surface area contributed by atoms with Crippen molar-refractivity contribution in [1.82, 2.24) is 10.3 Å². The molecule has 1 N–H and O–H groups in total. The van der Waals surface area contributed by atoms with E-state index in [1.165, 1.54) is 12.3 Å². The first-order valence-corrected chi connectivity index (χ1v) is 6.71. The topological polar surface area (TPSA) is 37.4 Å². The van der Waals surface area contributed by atoms with Crippen LogP contribution in [0.4, 0.5) is 10.2 Å². The Morgan fingerprint density at radius 3 is 2.84 bits per heavy atom. The van der Waals surface area contributed by atoms with Gasteiger partial charge in [0.05, 0.1) is 12.8 Å². The fourth-order valence-corrected chi connectivity index (χ4v) is 1.71. The number of nitrogens with one attached hydrogen (secondary N) is 1. The van der Waals surface area contributed by atoms with E-state index in [-0.39, 0.29) is 5.82 Å². The minimum absolute atomic E-state index is 0.303. The van der Waals surface area contributed by atoms with Gasteiger partial charge in [-0.25, -0.2) is 9.37 Å². The molecule has 1 aromatic rings. The normalized spacial score (nSPS) is 11.1. The van der Waals surface area contributed by atoms with Crippen molar-refractivity contribution in [3.05, 3.63) is 23.6 Å². The summed E-state index contributed by atoms with van der Waals surface area (Å²) in [6, 6.07) is 1.89. The Hall–Kier alpha value is -1.20. The van der Waals surface area contributed by atoms with Gasteiger partial charge in [0.2, 0.25) is 0 Å². The number of hydrogen-bond donors (Lipinski definition) is 1. The van der Waals surface area contributed by atoms with E-state index in [2.05, 4.69) is 24.1 Å². The number of hydrogen-bond acceptors (Lipinski definition) is 4. The SMILES string of the molecule is CCOCCN(C)c1ncc(F)cc1CNC(C)C. The number of likely N-dealkylation sites (N-methyl/N-ethyl adjacent to an activating group) is 1. The van der Waals surface area contributed by atoms with E-state index in [1.54, 1.807) is 0 Å². The summed E-state index contributed by atoms with van der Waals surface area (Å²) in [5.41, 5.74) is 0.868. The van der Waals surface area contributed by atoms with E-state index in [9.17, 15) is 4.39 Å². The molecule has 1 heterocycles. The molecule has 0 unspecified atom stereocenters. The van der Waals surface area contributed by atoms with E-state index in [0.717, 1.165) is 17.9 Å². The van der Waals surface area contributed by atoms with Crippen molar-refractivity contribution in [3.8, 4) is 0 Å². The lowest BCUT2D eigenvalue weighted by Crippen LogP contribution is -2.27. The van der Waals surface area contributed by atoms with Crippen molar-refractivity contribution < 1.29 is 9.13 Å². The molecule has 19 heavy (non-hydrogen) atoms. The smallest absolute Gasteiger partial charge is 0.141 e. The lowest BCUT2D eigenvalue weighted by molar-refractivity contribution is 0.154. The second-order valence-electron chi connectivity index (χ2n) is 4.79. The van der Waals surface area contributed by atoms with Crippen molar-refractivity contribution in [1.29, 1.82) is 0 Å².